The van der Waals surface area contributed by atoms with Gasteiger partial charge in [0.15, 0.2) is 0 Å². The van der Waals surface area contributed by atoms with Crippen LogP contribution in [0, 0.1) is 5.41 Å². The first-order valence-electron chi connectivity index (χ1n) is 4.69. The molecule has 1 rings (SSSR count). The second kappa shape index (κ2) is 5.62. The van der Waals surface area contributed by atoms with Gasteiger partial charge in [-0.1, -0.05) is 13.8 Å². The van der Waals surface area contributed by atoms with E-state index in [2.05, 4.69) is 37.2 Å². The Balaban J connectivity index is 2.60. The fraction of sp³-hybridized carbons (Fsp3) is 0.500. The van der Waals surface area contributed by atoms with Crippen molar-refractivity contribution in [3.8, 4) is 0 Å². The van der Waals surface area contributed by atoms with E-state index in [1.807, 2.05) is 13.8 Å². The Morgan fingerprint density at radius 2 is 2.19 bits per heavy atom. The summed E-state index contributed by atoms with van der Waals surface area (Å²) in [7, 11) is 0. The lowest BCUT2D eigenvalue weighted by atomic mass is 9.95. The highest BCUT2D eigenvalue weighted by Gasteiger charge is 2.19. The van der Waals surface area contributed by atoms with E-state index >= 15 is 0 Å². The molecule has 0 saturated carbocycles. The zero-order valence-corrected chi connectivity index (χ0v) is 13.0. The van der Waals surface area contributed by atoms with Gasteiger partial charge in [-0.25, -0.2) is 0 Å². The number of hydrogen-bond acceptors (Lipinski definition) is 3. The van der Waals surface area contributed by atoms with Crippen LogP contribution in [0.4, 0.5) is 0 Å². The Morgan fingerprint density at radius 3 is 2.62 bits per heavy atom. The van der Waals surface area contributed by atoms with Gasteiger partial charge in [0.1, 0.15) is 0 Å². The molecule has 6 heteroatoms. The summed E-state index contributed by atoms with van der Waals surface area (Å²) < 4.78 is 1.78. The van der Waals surface area contributed by atoms with Crippen LogP contribution in [0.25, 0.3) is 0 Å². The minimum atomic E-state index is -0.290. The van der Waals surface area contributed by atoms with Gasteiger partial charge < -0.3 is 10.4 Å². The predicted molar refractivity (Wildman–Crippen MR) is 72.9 cm³/mol. The molecule has 0 aliphatic heterocycles. The number of carbonyl (C=O) groups is 1. The van der Waals surface area contributed by atoms with E-state index in [0.717, 1.165) is 8.26 Å². The first-order valence-corrected chi connectivity index (χ1v) is 7.10. The molecule has 0 aromatic carbocycles. The molecule has 1 aromatic heterocycles. The molecule has 3 nitrogen and oxygen atoms in total. The number of hydrogen-bond donors (Lipinski definition) is 2. The molecule has 0 bridgehead atoms. The second-order valence-corrected chi connectivity index (χ2v) is 7.46. The Bertz CT molecular complexity index is 371. The lowest BCUT2D eigenvalue weighted by Gasteiger charge is -2.21. The van der Waals surface area contributed by atoms with Gasteiger partial charge in [-0.15, -0.1) is 11.3 Å². The van der Waals surface area contributed by atoms with E-state index in [4.69, 9.17) is 5.11 Å². The largest absolute Gasteiger partial charge is 0.396 e. The highest BCUT2D eigenvalue weighted by molar-refractivity contribution is 9.13. The van der Waals surface area contributed by atoms with Crippen molar-refractivity contribution in [1.82, 2.24) is 5.32 Å². The lowest BCUT2D eigenvalue weighted by Crippen LogP contribution is -2.35. The maximum Gasteiger partial charge on any atom is 0.261 e. The van der Waals surface area contributed by atoms with Crippen molar-refractivity contribution in [1.29, 1.82) is 0 Å². The van der Waals surface area contributed by atoms with Crippen LogP contribution in [0.1, 0.15) is 23.5 Å². The SMILES string of the molecule is CC(C)(CO)CNC(=O)c1cc(Br)c(Br)s1. The highest BCUT2D eigenvalue weighted by atomic mass is 79.9. The van der Waals surface area contributed by atoms with E-state index in [9.17, 15) is 4.79 Å². The molecule has 0 radical (unpaired) electrons. The van der Waals surface area contributed by atoms with Crippen LogP contribution >= 0.6 is 43.2 Å². The third kappa shape index (κ3) is 3.84. The molecule has 0 spiro atoms. The van der Waals surface area contributed by atoms with Crippen molar-refractivity contribution in [2.45, 2.75) is 13.8 Å². The van der Waals surface area contributed by atoms with Gasteiger partial charge in [-0.05, 0) is 37.9 Å². The van der Waals surface area contributed by atoms with Crippen molar-refractivity contribution >= 4 is 49.1 Å². The summed E-state index contributed by atoms with van der Waals surface area (Å²) >= 11 is 8.05. The van der Waals surface area contributed by atoms with E-state index in [1.165, 1.54) is 11.3 Å². The van der Waals surface area contributed by atoms with Gasteiger partial charge in [0.2, 0.25) is 0 Å². The van der Waals surface area contributed by atoms with Gasteiger partial charge >= 0.3 is 0 Å². The molecular weight excluding hydrogens is 358 g/mol. The summed E-state index contributed by atoms with van der Waals surface area (Å²) in [6, 6.07) is 1.77. The van der Waals surface area contributed by atoms with Gasteiger partial charge in [0.05, 0.1) is 8.66 Å². The topological polar surface area (TPSA) is 49.3 Å². The van der Waals surface area contributed by atoms with Crippen LogP contribution in [0.15, 0.2) is 14.3 Å². The Hall–Kier alpha value is 0.0900. The molecule has 0 aliphatic carbocycles. The molecule has 0 atom stereocenters. The van der Waals surface area contributed by atoms with Gasteiger partial charge in [0, 0.05) is 23.0 Å². The van der Waals surface area contributed by atoms with Crippen LogP contribution in [0.2, 0.25) is 0 Å². The monoisotopic (exact) mass is 369 g/mol. The number of rotatable bonds is 4. The summed E-state index contributed by atoms with van der Waals surface area (Å²) in [5.41, 5.74) is -0.290. The van der Waals surface area contributed by atoms with Crippen LogP contribution in [-0.2, 0) is 0 Å². The minimum Gasteiger partial charge on any atom is -0.396 e. The molecular formula is C10H13Br2NO2S. The Morgan fingerprint density at radius 1 is 1.56 bits per heavy atom. The standard InChI is InChI=1S/C10H13Br2NO2S/c1-10(2,5-14)4-13-9(15)7-3-6(11)8(12)16-7/h3,14H,4-5H2,1-2H3,(H,13,15). The summed E-state index contributed by atoms with van der Waals surface area (Å²) in [6.07, 6.45) is 0. The zero-order valence-electron chi connectivity index (χ0n) is 9.01. The molecule has 0 saturated heterocycles. The van der Waals surface area contributed by atoms with Crippen molar-refractivity contribution < 1.29 is 9.90 Å². The normalized spacial score (nSPS) is 11.6. The maximum atomic E-state index is 11.7. The lowest BCUT2D eigenvalue weighted by molar-refractivity contribution is 0.0915. The first-order chi connectivity index (χ1) is 7.35. The molecule has 1 aromatic rings. The number of aliphatic hydroxyl groups excluding tert-OH is 1. The fourth-order valence-electron chi connectivity index (χ4n) is 0.921. The molecule has 0 fully saturated rings. The number of halogens is 2. The Labute approximate surface area is 116 Å². The average Bonchev–Trinajstić information content (AvgIpc) is 2.56. The third-order valence-electron chi connectivity index (χ3n) is 2.02. The van der Waals surface area contributed by atoms with E-state index in [0.29, 0.717) is 11.4 Å². The number of carbonyl (C=O) groups excluding carboxylic acids is 1. The smallest absolute Gasteiger partial charge is 0.261 e. The molecule has 1 heterocycles. The van der Waals surface area contributed by atoms with Crippen LogP contribution in [-0.4, -0.2) is 24.2 Å². The molecule has 0 aliphatic rings. The Kier molecular flexibility index (Phi) is 4.97. The summed E-state index contributed by atoms with van der Waals surface area (Å²) in [4.78, 5) is 12.4. The molecule has 16 heavy (non-hydrogen) atoms. The summed E-state index contributed by atoms with van der Waals surface area (Å²) in [6.45, 7) is 4.29. The number of nitrogens with one attached hydrogen (secondary N) is 1. The first kappa shape index (κ1) is 14.2. The van der Waals surface area contributed by atoms with Gasteiger partial charge in [0.25, 0.3) is 5.91 Å². The summed E-state index contributed by atoms with van der Waals surface area (Å²) in [5, 5.41) is 11.9. The third-order valence-corrected chi connectivity index (χ3v) is 5.28. The van der Waals surface area contributed by atoms with E-state index < -0.39 is 0 Å². The average molecular weight is 371 g/mol. The molecule has 0 unspecified atom stereocenters. The van der Waals surface area contributed by atoms with Crippen LogP contribution in [0.3, 0.4) is 0 Å². The van der Waals surface area contributed by atoms with Gasteiger partial charge in [-0.2, -0.15) is 0 Å². The second-order valence-electron chi connectivity index (χ2n) is 4.24. The number of thiophene rings is 1. The summed E-state index contributed by atoms with van der Waals surface area (Å²) in [5.74, 6) is -0.113. The quantitative estimate of drug-likeness (QED) is 0.855. The number of amides is 1. The zero-order chi connectivity index (χ0) is 12.3. The maximum absolute atomic E-state index is 11.7. The molecule has 90 valence electrons. The van der Waals surface area contributed by atoms with Crippen molar-refractivity contribution in [3.63, 3.8) is 0 Å². The van der Waals surface area contributed by atoms with Crippen molar-refractivity contribution in [2.75, 3.05) is 13.2 Å². The fourth-order valence-corrected chi connectivity index (χ4v) is 2.87. The molecule has 1 amide bonds. The van der Waals surface area contributed by atoms with Crippen LogP contribution in [0.5, 0.6) is 0 Å². The minimum absolute atomic E-state index is 0.0467. The van der Waals surface area contributed by atoms with Crippen molar-refractivity contribution in [3.05, 3.63) is 19.2 Å². The van der Waals surface area contributed by atoms with Gasteiger partial charge in [-0.3, -0.25) is 4.79 Å². The van der Waals surface area contributed by atoms with Crippen molar-refractivity contribution in [2.24, 2.45) is 5.41 Å². The van der Waals surface area contributed by atoms with E-state index in [-0.39, 0.29) is 17.9 Å². The van der Waals surface area contributed by atoms with E-state index in [1.54, 1.807) is 6.07 Å². The predicted octanol–water partition coefficient (Wildman–Crippen LogP) is 3.02. The highest BCUT2D eigenvalue weighted by Crippen LogP contribution is 2.32. The molecule has 2 N–H and O–H groups in total. The van der Waals surface area contributed by atoms with Crippen LogP contribution < -0.4 is 5.32 Å². The number of aliphatic hydroxyl groups is 1.